The Morgan fingerprint density at radius 2 is 1.81 bits per heavy atom. The Morgan fingerprint density at radius 3 is 2.58 bits per heavy atom. The number of aliphatic imine (C=N–C) groups is 1. The predicted molar refractivity (Wildman–Crippen MR) is 102 cm³/mol. The molecule has 142 valence electrons. The molecule has 0 atom stereocenters. The quantitative estimate of drug-likeness (QED) is 0.774. The van der Waals surface area contributed by atoms with E-state index in [1.165, 1.54) is 32.1 Å². The average Bonchev–Trinajstić information content (AvgIpc) is 2.85. The lowest BCUT2D eigenvalue weighted by atomic mass is 9.96. The lowest BCUT2D eigenvalue weighted by molar-refractivity contribution is -0.122. The smallest absolute Gasteiger partial charge is 0.263 e. The Bertz CT molecular complexity index is 766. The minimum absolute atomic E-state index is 0.0724. The number of hydrogen-bond donors (Lipinski definition) is 2. The fraction of sp³-hybridized carbons (Fsp3) is 0.579. The zero-order valence-corrected chi connectivity index (χ0v) is 15.9. The van der Waals surface area contributed by atoms with E-state index in [-0.39, 0.29) is 10.8 Å². The zero-order chi connectivity index (χ0) is 18.4. The molecule has 0 aromatic heterocycles. The van der Waals surface area contributed by atoms with Crippen molar-refractivity contribution < 1.29 is 13.2 Å². The molecule has 0 saturated heterocycles. The molecule has 1 amide bonds. The summed E-state index contributed by atoms with van der Waals surface area (Å²) in [6, 6.07) is 7.11. The summed E-state index contributed by atoms with van der Waals surface area (Å²) in [5.74, 6) is 0.448. The first-order valence-corrected chi connectivity index (χ1v) is 11.0. The van der Waals surface area contributed by atoms with Crippen molar-refractivity contribution >= 4 is 21.8 Å². The highest BCUT2D eigenvalue weighted by Gasteiger charge is 2.29. The number of nitrogens with zero attached hydrogens (tertiary/aromatic N) is 1. The van der Waals surface area contributed by atoms with E-state index in [9.17, 15) is 13.2 Å². The molecule has 7 heteroatoms. The maximum atomic E-state index is 12.1. The molecule has 1 aliphatic heterocycles. The Morgan fingerprint density at radius 1 is 1.12 bits per heavy atom. The first-order chi connectivity index (χ1) is 12.6. The van der Waals surface area contributed by atoms with E-state index in [2.05, 4.69) is 15.0 Å². The zero-order valence-electron chi connectivity index (χ0n) is 15.0. The molecular formula is C19H27N3O3S. The Kier molecular flexibility index (Phi) is 6.29. The monoisotopic (exact) mass is 377 g/mol. The number of carbonyl (C=O) groups is 1. The van der Waals surface area contributed by atoms with Gasteiger partial charge in [-0.3, -0.25) is 14.5 Å². The molecule has 1 fully saturated rings. The first-order valence-electron chi connectivity index (χ1n) is 9.52. The van der Waals surface area contributed by atoms with Crippen LogP contribution in [0.4, 0.5) is 0 Å². The van der Waals surface area contributed by atoms with Crippen LogP contribution >= 0.6 is 0 Å². The summed E-state index contributed by atoms with van der Waals surface area (Å²) in [5, 5.41) is 3.14. The third kappa shape index (κ3) is 4.84. The summed E-state index contributed by atoms with van der Waals surface area (Å²) in [7, 11) is -3.49. The van der Waals surface area contributed by atoms with Crippen molar-refractivity contribution in [2.75, 3.05) is 6.54 Å². The second-order valence-corrected chi connectivity index (χ2v) is 8.70. The summed E-state index contributed by atoms with van der Waals surface area (Å²) in [4.78, 5) is 16.8. The minimum Gasteiger partial charge on any atom is -0.353 e. The number of hydrogen-bond acceptors (Lipinski definition) is 4. The average molecular weight is 378 g/mol. The van der Waals surface area contributed by atoms with Crippen LogP contribution in [0.3, 0.4) is 0 Å². The normalized spacial score (nSPS) is 21.5. The molecule has 0 radical (unpaired) electrons. The number of rotatable bonds is 5. The molecular weight excluding hydrogens is 350 g/mol. The second-order valence-electron chi connectivity index (χ2n) is 7.05. The largest absolute Gasteiger partial charge is 0.353 e. The van der Waals surface area contributed by atoms with Crippen LogP contribution in [0.25, 0.3) is 0 Å². The van der Waals surface area contributed by atoms with Gasteiger partial charge in [-0.2, -0.15) is 0 Å². The van der Waals surface area contributed by atoms with Crippen molar-refractivity contribution in [3.63, 3.8) is 0 Å². The van der Waals surface area contributed by atoms with Crippen LogP contribution in [-0.2, 0) is 14.8 Å². The van der Waals surface area contributed by atoms with Gasteiger partial charge in [0.05, 0.1) is 4.90 Å². The van der Waals surface area contributed by atoms with Crippen molar-refractivity contribution in [2.24, 2.45) is 4.99 Å². The molecule has 1 heterocycles. The van der Waals surface area contributed by atoms with E-state index >= 15 is 0 Å². The van der Waals surface area contributed by atoms with Crippen LogP contribution in [0, 0.1) is 0 Å². The number of benzene rings is 1. The Hall–Kier alpha value is -1.89. The van der Waals surface area contributed by atoms with Crippen molar-refractivity contribution in [2.45, 2.75) is 68.7 Å². The lowest BCUT2D eigenvalue weighted by Crippen LogP contribution is -2.35. The predicted octanol–water partition coefficient (Wildman–Crippen LogP) is 2.73. The van der Waals surface area contributed by atoms with Crippen LogP contribution in [-0.4, -0.2) is 32.7 Å². The first kappa shape index (κ1) is 18.9. The van der Waals surface area contributed by atoms with Crippen LogP contribution in [0.2, 0.25) is 0 Å². The van der Waals surface area contributed by atoms with Gasteiger partial charge < -0.3 is 5.32 Å². The lowest BCUT2D eigenvalue weighted by Gasteiger charge is -2.20. The van der Waals surface area contributed by atoms with Crippen LogP contribution < -0.4 is 10.0 Å². The number of fused-ring (bicyclic) bond motifs is 1. The van der Waals surface area contributed by atoms with Crippen LogP contribution in [0.1, 0.15) is 63.4 Å². The van der Waals surface area contributed by atoms with Gasteiger partial charge in [-0.1, -0.05) is 44.2 Å². The van der Waals surface area contributed by atoms with Crippen LogP contribution in [0.15, 0.2) is 34.2 Å². The number of amides is 1. The summed E-state index contributed by atoms with van der Waals surface area (Å²) in [6.45, 7) is 0.421. The van der Waals surface area contributed by atoms with Gasteiger partial charge in [-0.25, -0.2) is 8.42 Å². The summed E-state index contributed by atoms with van der Waals surface area (Å²) in [6.07, 6.45) is 9.40. The van der Waals surface area contributed by atoms with E-state index < -0.39 is 10.0 Å². The number of amidine groups is 1. The van der Waals surface area contributed by atoms with Crippen molar-refractivity contribution in [1.29, 1.82) is 0 Å². The van der Waals surface area contributed by atoms with Gasteiger partial charge in [0.1, 0.15) is 5.84 Å². The number of nitrogens with one attached hydrogen (secondary N) is 2. The van der Waals surface area contributed by atoms with Crippen molar-refractivity contribution in [3.05, 3.63) is 29.8 Å². The summed E-state index contributed by atoms with van der Waals surface area (Å²) >= 11 is 0. The van der Waals surface area contributed by atoms with Gasteiger partial charge in [0.2, 0.25) is 5.91 Å². The summed E-state index contributed by atoms with van der Waals surface area (Å²) in [5.41, 5.74) is 0.603. The van der Waals surface area contributed by atoms with Crippen LogP contribution in [0.5, 0.6) is 0 Å². The van der Waals surface area contributed by atoms with Gasteiger partial charge in [0.15, 0.2) is 0 Å². The minimum atomic E-state index is -3.49. The van der Waals surface area contributed by atoms with Crippen molar-refractivity contribution in [1.82, 2.24) is 10.0 Å². The highest BCUT2D eigenvalue weighted by atomic mass is 32.2. The second kappa shape index (κ2) is 8.66. The van der Waals surface area contributed by atoms with Gasteiger partial charge >= 0.3 is 0 Å². The Labute approximate surface area is 155 Å². The van der Waals surface area contributed by atoms with E-state index in [1.54, 1.807) is 24.3 Å². The van der Waals surface area contributed by atoms with Gasteiger partial charge in [0, 0.05) is 24.6 Å². The molecule has 0 unspecified atom stereocenters. The molecule has 2 aliphatic rings. The maximum Gasteiger partial charge on any atom is 0.263 e. The molecule has 1 aliphatic carbocycles. The molecule has 26 heavy (non-hydrogen) atoms. The molecule has 1 aromatic carbocycles. The van der Waals surface area contributed by atoms with E-state index in [0.29, 0.717) is 36.8 Å². The van der Waals surface area contributed by atoms with Gasteiger partial charge in [-0.15, -0.1) is 0 Å². The van der Waals surface area contributed by atoms with E-state index in [0.717, 1.165) is 12.8 Å². The number of carbonyl (C=O) groups excluding carboxylic acids is 1. The topological polar surface area (TPSA) is 87.6 Å². The highest BCUT2D eigenvalue weighted by Crippen LogP contribution is 2.22. The fourth-order valence-electron chi connectivity index (χ4n) is 3.58. The standard InChI is InChI=1S/C19H27N3O3S/c23-18(21-15-9-4-2-1-3-5-10-15)13-8-14-20-19-16-11-6-7-12-17(16)26(24,25)22-19/h6-7,11-12,15H,1-5,8-10,13-14H2,(H,20,22)(H,21,23). The third-order valence-electron chi connectivity index (χ3n) is 4.96. The van der Waals surface area contributed by atoms with E-state index in [1.807, 2.05) is 0 Å². The Balaban J connectivity index is 1.46. The fourth-order valence-corrected chi connectivity index (χ4v) is 4.83. The van der Waals surface area contributed by atoms with Crippen molar-refractivity contribution in [3.8, 4) is 0 Å². The van der Waals surface area contributed by atoms with E-state index in [4.69, 9.17) is 0 Å². The molecule has 0 bridgehead atoms. The molecule has 6 nitrogen and oxygen atoms in total. The number of sulfonamides is 1. The maximum absolute atomic E-state index is 12.1. The highest BCUT2D eigenvalue weighted by molar-refractivity contribution is 7.90. The van der Waals surface area contributed by atoms with Gasteiger partial charge in [0.25, 0.3) is 10.0 Å². The SMILES string of the molecule is O=C(CCCN=C1NS(=O)(=O)c2ccccc21)NC1CCCCCCC1. The molecule has 1 aromatic rings. The summed E-state index contributed by atoms with van der Waals surface area (Å²) < 4.78 is 26.5. The molecule has 3 rings (SSSR count). The molecule has 1 saturated carbocycles. The van der Waals surface area contributed by atoms with Gasteiger partial charge in [-0.05, 0) is 31.4 Å². The third-order valence-corrected chi connectivity index (χ3v) is 6.36. The molecule has 0 spiro atoms. The molecule has 2 N–H and O–H groups in total.